The summed E-state index contributed by atoms with van der Waals surface area (Å²) < 4.78 is 5.30. The summed E-state index contributed by atoms with van der Waals surface area (Å²) in [5.41, 5.74) is 9.36. The number of aliphatic hydroxyl groups is 1. The predicted octanol–water partition coefficient (Wildman–Crippen LogP) is 5.42. The third kappa shape index (κ3) is 4.73. The number of nitrogens with two attached hydrogens (primary N) is 1. The van der Waals surface area contributed by atoms with Crippen molar-refractivity contribution in [3.63, 3.8) is 0 Å². The molecule has 0 spiro atoms. The lowest BCUT2D eigenvalue weighted by Crippen LogP contribution is -2.27. The highest BCUT2D eigenvalue weighted by Gasteiger charge is 2.18. The summed E-state index contributed by atoms with van der Waals surface area (Å²) in [6.07, 6.45) is -1.58. The average molecular weight is 431 g/mol. The van der Waals surface area contributed by atoms with E-state index >= 15 is 0 Å². The number of fused-ring (bicyclic) bond motifs is 2. The second-order valence-corrected chi connectivity index (χ2v) is 8.58. The Bertz CT molecular complexity index is 1300. The number of hydrogen-bond donors (Lipinski definition) is 4. The summed E-state index contributed by atoms with van der Waals surface area (Å²) in [7, 11) is 0. The van der Waals surface area contributed by atoms with Gasteiger partial charge in [-0.15, -0.1) is 0 Å². The molecule has 1 heterocycles. The quantitative estimate of drug-likeness (QED) is 0.195. The van der Waals surface area contributed by atoms with Crippen molar-refractivity contribution in [2.75, 3.05) is 16.4 Å². The van der Waals surface area contributed by atoms with Gasteiger partial charge in [-0.2, -0.15) is 0 Å². The number of nitrogen functional groups attached to an aromatic ring is 1. The van der Waals surface area contributed by atoms with E-state index in [2.05, 4.69) is 10.6 Å². The summed E-state index contributed by atoms with van der Waals surface area (Å²) in [4.78, 5) is 16.8. The maximum Gasteiger partial charge on any atom is 0.412 e. The van der Waals surface area contributed by atoms with Crippen LogP contribution in [0.2, 0.25) is 0 Å². The van der Waals surface area contributed by atoms with Crippen molar-refractivity contribution < 1.29 is 14.6 Å². The first-order chi connectivity index (χ1) is 15.2. The van der Waals surface area contributed by atoms with Crippen molar-refractivity contribution in [1.82, 2.24) is 4.98 Å². The Morgan fingerprint density at radius 1 is 1.00 bits per heavy atom. The Kier molecular flexibility index (Phi) is 5.59. The van der Waals surface area contributed by atoms with Crippen LogP contribution in [0.5, 0.6) is 0 Å². The zero-order valence-corrected chi connectivity index (χ0v) is 18.2. The van der Waals surface area contributed by atoms with Gasteiger partial charge in [0.2, 0.25) is 0 Å². The predicted molar refractivity (Wildman–Crippen MR) is 129 cm³/mol. The minimum absolute atomic E-state index is 0.523. The number of nitrogens with zero attached hydrogens (tertiary/aromatic N) is 1. The lowest BCUT2D eigenvalue weighted by atomic mass is 10.1. The fourth-order valence-corrected chi connectivity index (χ4v) is 3.49. The number of para-hydroxylation sites is 1. The van der Waals surface area contributed by atoms with Crippen molar-refractivity contribution in [3.8, 4) is 0 Å². The number of nitrogens with one attached hydrogen (secondary N) is 2. The minimum Gasteiger partial charge on any atom is -0.444 e. The van der Waals surface area contributed by atoms with Crippen molar-refractivity contribution >= 4 is 45.0 Å². The number of carbonyl (C=O) groups is 1. The first-order valence-electron chi connectivity index (χ1n) is 10.3. The molecule has 0 radical (unpaired) electrons. The number of aromatic nitrogens is 1. The molecule has 0 saturated heterocycles. The van der Waals surface area contributed by atoms with Crippen LogP contribution in [0, 0.1) is 0 Å². The fraction of sp³-hybridized carbons (Fsp3) is 0.200. The van der Waals surface area contributed by atoms with Gasteiger partial charge in [0.05, 0.1) is 16.7 Å². The molecule has 0 fully saturated rings. The summed E-state index contributed by atoms with van der Waals surface area (Å²) >= 11 is 0. The number of anilines is 3. The number of carbonyl (C=O) groups excluding carboxylic acids is 1. The van der Waals surface area contributed by atoms with Crippen LogP contribution < -0.4 is 16.4 Å². The summed E-state index contributed by atoms with van der Waals surface area (Å²) in [5, 5.41) is 18.6. The van der Waals surface area contributed by atoms with Crippen LogP contribution >= 0.6 is 0 Å². The maximum atomic E-state index is 12.1. The average Bonchev–Trinajstić information content (AvgIpc) is 2.72. The molecule has 32 heavy (non-hydrogen) atoms. The zero-order valence-electron chi connectivity index (χ0n) is 18.2. The molecule has 0 aliphatic carbocycles. The molecule has 7 nitrogen and oxygen atoms in total. The molecule has 1 atom stereocenters. The fourth-order valence-electron chi connectivity index (χ4n) is 3.49. The van der Waals surface area contributed by atoms with E-state index in [9.17, 15) is 9.90 Å². The number of rotatable bonds is 4. The van der Waals surface area contributed by atoms with Gasteiger partial charge in [-0.25, -0.2) is 9.78 Å². The molecule has 0 bridgehead atoms. The summed E-state index contributed by atoms with van der Waals surface area (Å²) in [6.45, 7) is 5.40. The minimum atomic E-state index is -1.03. The third-order valence-corrected chi connectivity index (χ3v) is 4.83. The largest absolute Gasteiger partial charge is 0.444 e. The molecule has 1 amide bonds. The van der Waals surface area contributed by atoms with Gasteiger partial charge in [-0.1, -0.05) is 30.3 Å². The van der Waals surface area contributed by atoms with Gasteiger partial charge in [0, 0.05) is 27.7 Å². The molecule has 5 N–H and O–H groups in total. The zero-order chi connectivity index (χ0) is 22.9. The highest BCUT2D eigenvalue weighted by Crippen LogP contribution is 2.34. The molecule has 4 aromatic rings. The normalized spacial score (nSPS) is 12.5. The molecule has 0 aliphatic rings. The SMILES string of the molecule is CC(C)(C)OC(=O)Nc1cccc(C(O)Nc2c3ccccc3nc3cc(N)ccc23)c1. The Morgan fingerprint density at radius 3 is 2.53 bits per heavy atom. The van der Waals surface area contributed by atoms with Gasteiger partial charge >= 0.3 is 6.09 Å². The second kappa shape index (κ2) is 8.36. The number of benzene rings is 3. The molecular formula is C25H26N4O3. The smallest absolute Gasteiger partial charge is 0.412 e. The molecule has 0 aliphatic heterocycles. The van der Waals surface area contributed by atoms with Crippen LogP contribution in [0.4, 0.5) is 21.9 Å². The van der Waals surface area contributed by atoms with Crippen molar-refractivity contribution in [1.29, 1.82) is 0 Å². The van der Waals surface area contributed by atoms with Crippen LogP contribution in [0.3, 0.4) is 0 Å². The Labute approximate surface area is 186 Å². The van der Waals surface area contributed by atoms with Crippen LogP contribution in [0.15, 0.2) is 66.7 Å². The number of amides is 1. The van der Waals surface area contributed by atoms with E-state index in [0.717, 1.165) is 27.5 Å². The second-order valence-electron chi connectivity index (χ2n) is 8.58. The van der Waals surface area contributed by atoms with Crippen molar-refractivity contribution in [2.24, 2.45) is 0 Å². The topological polar surface area (TPSA) is 110 Å². The molecule has 1 aromatic heterocycles. The number of ether oxygens (including phenoxy) is 1. The van der Waals surface area contributed by atoms with Crippen molar-refractivity contribution in [2.45, 2.75) is 32.6 Å². The summed E-state index contributed by atoms with van der Waals surface area (Å²) in [5.74, 6) is 0. The molecule has 4 rings (SSSR count). The third-order valence-electron chi connectivity index (χ3n) is 4.83. The molecule has 7 heteroatoms. The summed E-state index contributed by atoms with van der Waals surface area (Å²) in [6, 6.07) is 20.2. The van der Waals surface area contributed by atoms with E-state index in [0.29, 0.717) is 16.9 Å². The van der Waals surface area contributed by atoms with E-state index in [1.54, 1.807) is 45.0 Å². The Hall–Kier alpha value is -3.84. The highest BCUT2D eigenvalue weighted by atomic mass is 16.6. The van der Waals surface area contributed by atoms with Crippen LogP contribution in [0.25, 0.3) is 21.8 Å². The Balaban J connectivity index is 1.65. The molecule has 0 saturated carbocycles. The van der Waals surface area contributed by atoms with E-state index in [1.165, 1.54) is 0 Å². The van der Waals surface area contributed by atoms with Gasteiger partial charge in [0.15, 0.2) is 6.23 Å². The molecular weight excluding hydrogens is 404 g/mol. The number of hydrogen-bond acceptors (Lipinski definition) is 6. The monoisotopic (exact) mass is 430 g/mol. The van der Waals surface area contributed by atoms with Gasteiger partial charge in [0.1, 0.15) is 5.60 Å². The first kappa shape index (κ1) is 21.4. The highest BCUT2D eigenvalue weighted by molar-refractivity contribution is 6.08. The van der Waals surface area contributed by atoms with Gasteiger partial charge in [-0.3, -0.25) is 5.32 Å². The lowest BCUT2D eigenvalue weighted by molar-refractivity contribution is 0.0636. The first-order valence-corrected chi connectivity index (χ1v) is 10.3. The van der Waals surface area contributed by atoms with Crippen LogP contribution in [-0.4, -0.2) is 21.8 Å². The Morgan fingerprint density at radius 2 is 1.75 bits per heavy atom. The molecule has 1 unspecified atom stereocenters. The van der Waals surface area contributed by atoms with Crippen LogP contribution in [-0.2, 0) is 4.74 Å². The van der Waals surface area contributed by atoms with Crippen molar-refractivity contribution in [3.05, 3.63) is 72.3 Å². The number of aliphatic hydroxyl groups excluding tert-OH is 1. The molecule has 164 valence electrons. The lowest BCUT2D eigenvalue weighted by Gasteiger charge is -2.21. The van der Waals surface area contributed by atoms with E-state index in [1.807, 2.05) is 42.5 Å². The van der Waals surface area contributed by atoms with Crippen LogP contribution in [0.1, 0.15) is 32.6 Å². The van der Waals surface area contributed by atoms with E-state index < -0.39 is 17.9 Å². The standard InChI is InChI=1S/C25H26N4O3/c1-25(2,3)32-24(31)27-17-8-6-7-15(13-17)23(30)29-22-18-9-4-5-10-20(18)28-21-14-16(26)11-12-19(21)22/h4-14,23,30H,26H2,1-3H3,(H,27,31)(H,28,29). The van der Waals surface area contributed by atoms with Gasteiger partial charge in [-0.05, 0) is 57.2 Å². The van der Waals surface area contributed by atoms with E-state index in [4.69, 9.17) is 15.5 Å². The van der Waals surface area contributed by atoms with Gasteiger partial charge in [0.25, 0.3) is 0 Å². The molecule has 3 aromatic carbocycles. The van der Waals surface area contributed by atoms with E-state index in [-0.39, 0.29) is 0 Å². The number of pyridine rings is 1. The van der Waals surface area contributed by atoms with Gasteiger partial charge < -0.3 is 20.9 Å². The maximum absolute atomic E-state index is 12.1.